The first-order valence-electron chi connectivity index (χ1n) is 8.43. The molecular formula is C20H24N2O2S2. The largest absolute Gasteiger partial charge is 0.355 e. The molecule has 0 aliphatic heterocycles. The molecular weight excluding hydrogens is 364 g/mol. The van der Waals surface area contributed by atoms with Gasteiger partial charge in [0.1, 0.15) is 0 Å². The molecule has 138 valence electrons. The van der Waals surface area contributed by atoms with Crippen molar-refractivity contribution in [3.8, 4) is 0 Å². The van der Waals surface area contributed by atoms with Crippen LogP contribution >= 0.6 is 23.5 Å². The Morgan fingerprint density at radius 1 is 0.923 bits per heavy atom. The molecule has 0 spiro atoms. The number of benzene rings is 2. The van der Waals surface area contributed by atoms with E-state index in [0.717, 1.165) is 17.0 Å². The summed E-state index contributed by atoms with van der Waals surface area (Å²) in [6.07, 6.45) is 0. The lowest BCUT2D eigenvalue weighted by atomic mass is 10.2. The van der Waals surface area contributed by atoms with Crippen molar-refractivity contribution < 1.29 is 9.59 Å². The van der Waals surface area contributed by atoms with Gasteiger partial charge in [-0.05, 0) is 43.7 Å². The lowest BCUT2D eigenvalue weighted by Gasteiger charge is -2.07. The molecule has 4 nitrogen and oxygen atoms in total. The monoisotopic (exact) mass is 388 g/mol. The number of hydrogen-bond donors (Lipinski definition) is 2. The lowest BCUT2D eigenvalue weighted by molar-refractivity contribution is -0.118. The van der Waals surface area contributed by atoms with E-state index in [4.69, 9.17) is 0 Å². The fourth-order valence-corrected chi connectivity index (χ4v) is 3.62. The number of thioether (sulfide) groups is 2. The number of rotatable bonds is 9. The summed E-state index contributed by atoms with van der Waals surface area (Å²) >= 11 is 3.03. The van der Waals surface area contributed by atoms with Crippen molar-refractivity contribution in [1.82, 2.24) is 5.32 Å². The highest BCUT2D eigenvalue weighted by Crippen LogP contribution is 2.17. The van der Waals surface area contributed by atoms with Crippen molar-refractivity contribution in [3.63, 3.8) is 0 Å². The van der Waals surface area contributed by atoms with Crippen LogP contribution in [0, 0.1) is 13.8 Å². The van der Waals surface area contributed by atoms with Gasteiger partial charge >= 0.3 is 0 Å². The second kappa shape index (κ2) is 10.9. The molecule has 0 saturated carbocycles. The third kappa shape index (κ3) is 7.97. The Morgan fingerprint density at radius 2 is 1.65 bits per heavy atom. The Hall–Kier alpha value is -1.92. The number of anilines is 1. The zero-order chi connectivity index (χ0) is 18.8. The van der Waals surface area contributed by atoms with Crippen LogP contribution in [0.15, 0.2) is 53.4 Å². The highest BCUT2D eigenvalue weighted by Gasteiger charge is 2.06. The van der Waals surface area contributed by atoms with Crippen LogP contribution in [-0.4, -0.2) is 35.6 Å². The van der Waals surface area contributed by atoms with Crippen molar-refractivity contribution in [3.05, 3.63) is 59.7 Å². The van der Waals surface area contributed by atoms with Gasteiger partial charge in [0.25, 0.3) is 0 Å². The van der Waals surface area contributed by atoms with E-state index < -0.39 is 0 Å². The topological polar surface area (TPSA) is 58.2 Å². The molecule has 2 amide bonds. The zero-order valence-corrected chi connectivity index (χ0v) is 16.7. The van der Waals surface area contributed by atoms with Crippen molar-refractivity contribution >= 4 is 41.0 Å². The third-order valence-corrected chi connectivity index (χ3v) is 5.43. The molecule has 2 aromatic rings. The van der Waals surface area contributed by atoms with E-state index in [1.165, 1.54) is 22.2 Å². The van der Waals surface area contributed by atoms with Gasteiger partial charge in [0.05, 0.1) is 11.5 Å². The number of amides is 2. The number of nitrogens with one attached hydrogen (secondary N) is 2. The molecule has 0 aliphatic carbocycles. The second-order valence-corrected chi connectivity index (χ2v) is 8.08. The van der Waals surface area contributed by atoms with Crippen LogP contribution in [0.2, 0.25) is 0 Å². The predicted molar refractivity (Wildman–Crippen MR) is 112 cm³/mol. The van der Waals surface area contributed by atoms with Crippen LogP contribution < -0.4 is 10.6 Å². The molecule has 0 saturated heterocycles. The minimum Gasteiger partial charge on any atom is -0.355 e. The van der Waals surface area contributed by atoms with Crippen LogP contribution in [0.25, 0.3) is 0 Å². The number of carbonyl (C=O) groups excluding carboxylic acids is 2. The minimum absolute atomic E-state index is 0.0390. The lowest BCUT2D eigenvalue weighted by Crippen LogP contribution is -2.28. The molecule has 0 radical (unpaired) electrons. The molecule has 0 aromatic heterocycles. The molecule has 2 aromatic carbocycles. The summed E-state index contributed by atoms with van der Waals surface area (Å²) in [6, 6.07) is 16.0. The molecule has 2 rings (SSSR count). The number of hydrogen-bond acceptors (Lipinski definition) is 4. The van der Waals surface area contributed by atoms with E-state index in [1.807, 2.05) is 31.2 Å². The molecule has 26 heavy (non-hydrogen) atoms. The minimum atomic E-state index is -0.0941. The van der Waals surface area contributed by atoms with Crippen molar-refractivity contribution in [2.45, 2.75) is 18.7 Å². The van der Waals surface area contributed by atoms with E-state index in [9.17, 15) is 9.59 Å². The summed E-state index contributed by atoms with van der Waals surface area (Å²) in [4.78, 5) is 24.9. The molecule has 0 bridgehead atoms. The Bertz CT molecular complexity index is 733. The average molecular weight is 389 g/mol. The number of carbonyl (C=O) groups is 2. The second-order valence-electron chi connectivity index (χ2n) is 5.92. The Kier molecular flexibility index (Phi) is 8.58. The maximum atomic E-state index is 11.9. The summed E-state index contributed by atoms with van der Waals surface area (Å²) in [6.45, 7) is 4.66. The van der Waals surface area contributed by atoms with Gasteiger partial charge in [0, 0.05) is 22.9 Å². The highest BCUT2D eigenvalue weighted by molar-refractivity contribution is 8.00. The van der Waals surface area contributed by atoms with Gasteiger partial charge in [-0.3, -0.25) is 9.59 Å². The Morgan fingerprint density at radius 3 is 2.38 bits per heavy atom. The predicted octanol–water partition coefficient (Wildman–Crippen LogP) is 3.88. The van der Waals surface area contributed by atoms with Crippen molar-refractivity contribution in [2.75, 3.05) is 29.1 Å². The van der Waals surface area contributed by atoms with Gasteiger partial charge in [0.2, 0.25) is 11.8 Å². The Balaban J connectivity index is 1.55. The van der Waals surface area contributed by atoms with E-state index in [2.05, 4.69) is 41.8 Å². The maximum Gasteiger partial charge on any atom is 0.234 e. The zero-order valence-electron chi connectivity index (χ0n) is 15.1. The van der Waals surface area contributed by atoms with Crippen LogP contribution in [0.4, 0.5) is 5.69 Å². The van der Waals surface area contributed by atoms with Crippen LogP contribution in [-0.2, 0) is 9.59 Å². The van der Waals surface area contributed by atoms with Gasteiger partial charge in [-0.2, -0.15) is 0 Å². The van der Waals surface area contributed by atoms with Gasteiger partial charge in [-0.15, -0.1) is 23.5 Å². The summed E-state index contributed by atoms with van der Waals surface area (Å²) in [7, 11) is 0. The van der Waals surface area contributed by atoms with Gasteiger partial charge in [-0.1, -0.05) is 29.8 Å². The van der Waals surface area contributed by atoms with E-state index >= 15 is 0 Å². The van der Waals surface area contributed by atoms with Gasteiger partial charge in [0.15, 0.2) is 0 Å². The highest BCUT2D eigenvalue weighted by atomic mass is 32.2. The molecule has 0 aliphatic rings. The molecule has 0 heterocycles. The molecule has 0 fully saturated rings. The first-order chi connectivity index (χ1) is 12.5. The van der Waals surface area contributed by atoms with Gasteiger partial charge < -0.3 is 10.6 Å². The molecule has 0 atom stereocenters. The number of aryl methyl sites for hydroxylation is 2. The average Bonchev–Trinajstić information content (AvgIpc) is 2.60. The summed E-state index contributed by atoms with van der Waals surface area (Å²) in [5.74, 6) is 1.25. The fourth-order valence-electron chi connectivity index (χ4n) is 2.20. The SMILES string of the molecule is Cc1ccc(SCCNC(=O)CSCC(=O)Nc2cccc(C)c2)cc1. The summed E-state index contributed by atoms with van der Waals surface area (Å²) in [5.41, 5.74) is 3.12. The van der Waals surface area contributed by atoms with E-state index in [0.29, 0.717) is 6.54 Å². The van der Waals surface area contributed by atoms with Crippen LogP contribution in [0.5, 0.6) is 0 Å². The first-order valence-corrected chi connectivity index (χ1v) is 10.6. The standard InChI is InChI=1S/C20H24N2O2S2/c1-15-6-8-18(9-7-15)26-11-10-21-19(23)13-25-14-20(24)22-17-5-3-4-16(2)12-17/h3-9,12H,10-11,13-14H2,1-2H3,(H,21,23)(H,22,24). The quantitative estimate of drug-likeness (QED) is 0.505. The normalized spacial score (nSPS) is 10.4. The summed E-state index contributed by atoms with van der Waals surface area (Å²) < 4.78 is 0. The maximum absolute atomic E-state index is 11.9. The third-order valence-electron chi connectivity index (χ3n) is 3.48. The molecule has 0 unspecified atom stereocenters. The molecule has 2 N–H and O–H groups in total. The Labute approximate surface area is 163 Å². The van der Waals surface area contributed by atoms with Gasteiger partial charge in [-0.25, -0.2) is 0 Å². The molecule has 6 heteroatoms. The van der Waals surface area contributed by atoms with E-state index in [1.54, 1.807) is 11.8 Å². The van der Waals surface area contributed by atoms with Crippen LogP contribution in [0.3, 0.4) is 0 Å². The van der Waals surface area contributed by atoms with E-state index in [-0.39, 0.29) is 23.3 Å². The summed E-state index contributed by atoms with van der Waals surface area (Å²) in [5, 5.41) is 5.72. The fraction of sp³-hybridized carbons (Fsp3) is 0.300. The van der Waals surface area contributed by atoms with Crippen molar-refractivity contribution in [2.24, 2.45) is 0 Å². The smallest absolute Gasteiger partial charge is 0.234 e. The van der Waals surface area contributed by atoms with Crippen LogP contribution in [0.1, 0.15) is 11.1 Å². The van der Waals surface area contributed by atoms with Crippen molar-refractivity contribution in [1.29, 1.82) is 0 Å². The first kappa shape index (κ1) is 20.4.